The molecule has 0 unspecified atom stereocenters. The Bertz CT molecular complexity index is 1540. The molecule has 0 fully saturated rings. The highest BCUT2D eigenvalue weighted by atomic mass is 16.6. The smallest absolute Gasteiger partial charge is 0.275 e. The zero-order valence-electron chi connectivity index (χ0n) is 26.5. The molecule has 0 saturated carbocycles. The van der Waals surface area contributed by atoms with Crippen LogP contribution in [-0.4, -0.2) is 29.0 Å². The summed E-state index contributed by atoms with van der Waals surface area (Å²) in [6.45, 7) is 16.4. The zero-order valence-corrected chi connectivity index (χ0v) is 26.5. The summed E-state index contributed by atoms with van der Waals surface area (Å²) in [5.41, 5.74) is 3.05. The fraction of sp³-hybridized carbons (Fsp3) is 0.361. The lowest BCUT2D eigenvalue weighted by atomic mass is 9.84. The first-order valence-electron chi connectivity index (χ1n) is 14.2. The van der Waals surface area contributed by atoms with Gasteiger partial charge in [0, 0.05) is 44.1 Å². The van der Waals surface area contributed by atoms with E-state index in [4.69, 9.17) is 4.84 Å². The Morgan fingerprint density at radius 3 is 1.40 bits per heavy atom. The highest BCUT2D eigenvalue weighted by Crippen LogP contribution is 2.26. The van der Waals surface area contributed by atoms with E-state index >= 15 is 0 Å². The number of ketones is 4. The van der Waals surface area contributed by atoms with E-state index in [-0.39, 0.29) is 40.6 Å². The molecule has 0 heterocycles. The molecule has 0 aliphatic rings. The first kappa shape index (κ1) is 33.3. The van der Waals surface area contributed by atoms with Gasteiger partial charge in [-0.15, -0.1) is 0 Å². The van der Waals surface area contributed by atoms with Crippen LogP contribution in [0, 0.1) is 16.2 Å². The molecule has 3 rings (SSSR count). The molecule has 0 radical (unpaired) electrons. The van der Waals surface area contributed by atoms with Crippen molar-refractivity contribution < 1.29 is 28.8 Å². The largest absolute Gasteiger partial charge is 0.294 e. The van der Waals surface area contributed by atoms with Crippen LogP contribution >= 0.6 is 0 Å². The molecule has 0 atom stereocenters. The second kappa shape index (κ2) is 12.6. The van der Waals surface area contributed by atoms with Crippen molar-refractivity contribution in [2.24, 2.45) is 16.2 Å². The van der Waals surface area contributed by atoms with E-state index in [0.29, 0.717) is 16.7 Å². The quantitative estimate of drug-likeness (QED) is 0.207. The lowest BCUT2D eigenvalue weighted by Crippen LogP contribution is -2.27. The third-order valence-electron chi connectivity index (χ3n) is 6.84. The van der Waals surface area contributed by atoms with Crippen LogP contribution in [0.4, 0.5) is 0 Å². The van der Waals surface area contributed by atoms with Crippen molar-refractivity contribution in [2.45, 2.75) is 68.9 Å². The van der Waals surface area contributed by atoms with Crippen LogP contribution < -0.4 is 5.48 Å². The second-order valence-corrected chi connectivity index (χ2v) is 13.8. The summed E-state index contributed by atoms with van der Waals surface area (Å²) in [6.07, 6.45) is 0. The minimum atomic E-state index is -0.699. The molecule has 0 spiro atoms. The number of nitrogens with one attached hydrogen (secondary N) is 1. The van der Waals surface area contributed by atoms with Crippen molar-refractivity contribution >= 4 is 29.0 Å². The highest BCUT2D eigenvalue weighted by Gasteiger charge is 2.28. The molecule has 0 aliphatic carbocycles. The van der Waals surface area contributed by atoms with Gasteiger partial charge in [-0.25, -0.2) is 5.48 Å². The lowest BCUT2D eigenvalue weighted by molar-refractivity contribution is 0.0232. The first-order valence-corrected chi connectivity index (χ1v) is 14.2. The average molecular weight is 584 g/mol. The fourth-order valence-corrected chi connectivity index (χ4v) is 4.29. The standard InChI is InChI=1S/C36H41NO6/c1-34(2,3)30(39)24-12-10-22(11-13-24)21-43-37-33(42)27-19-18-26(32(41)36(7,8)9)20-28(27)29(38)23-14-16-25(17-15-23)31(40)35(4,5)6/h10-20H,21H2,1-9H3,(H,37,42). The molecule has 7 heteroatoms. The minimum absolute atomic E-state index is 0.0225. The van der Waals surface area contributed by atoms with Gasteiger partial charge in [0.25, 0.3) is 5.91 Å². The maximum Gasteiger partial charge on any atom is 0.275 e. The number of hydrogen-bond donors (Lipinski definition) is 1. The van der Waals surface area contributed by atoms with Gasteiger partial charge in [-0.3, -0.25) is 28.8 Å². The Hall–Kier alpha value is -4.23. The normalized spacial score (nSPS) is 12.0. The van der Waals surface area contributed by atoms with Crippen LogP contribution in [0.1, 0.15) is 125 Å². The molecule has 3 aromatic carbocycles. The van der Waals surface area contributed by atoms with Gasteiger partial charge in [0.15, 0.2) is 23.1 Å². The molecule has 0 aromatic heterocycles. The van der Waals surface area contributed by atoms with E-state index in [9.17, 15) is 24.0 Å². The molecule has 3 aromatic rings. The molecular formula is C36H41NO6. The number of amides is 1. The highest BCUT2D eigenvalue weighted by molar-refractivity contribution is 6.17. The maximum atomic E-state index is 13.7. The van der Waals surface area contributed by atoms with Crippen LogP contribution in [0.25, 0.3) is 0 Å². The molecule has 0 aliphatic heterocycles. The van der Waals surface area contributed by atoms with Crippen LogP contribution in [0.15, 0.2) is 66.7 Å². The SMILES string of the molecule is CC(C)(C)C(=O)c1ccc(CONC(=O)c2ccc(C(=O)C(C)(C)C)cc2C(=O)c2ccc(C(=O)C(C)(C)C)cc2)cc1. The molecule has 43 heavy (non-hydrogen) atoms. The molecular weight excluding hydrogens is 542 g/mol. The summed E-state index contributed by atoms with van der Waals surface area (Å²) >= 11 is 0. The lowest BCUT2D eigenvalue weighted by Gasteiger charge is -2.18. The number of carbonyl (C=O) groups excluding carboxylic acids is 5. The van der Waals surface area contributed by atoms with Crippen molar-refractivity contribution in [1.82, 2.24) is 5.48 Å². The van der Waals surface area contributed by atoms with Gasteiger partial charge in [0.2, 0.25) is 0 Å². The Balaban J connectivity index is 1.85. The number of benzene rings is 3. The number of carbonyl (C=O) groups is 5. The van der Waals surface area contributed by atoms with Gasteiger partial charge in [-0.2, -0.15) is 0 Å². The maximum absolute atomic E-state index is 13.7. The summed E-state index contributed by atoms with van der Waals surface area (Å²) < 4.78 is 0. The van der Waals surface area contributed by atoms with E-state index < -0.39 is 27.9 Å². The predicted molar refractivity (Wildman–Crippen MR) is 166 cm³/mol. The van der Waals surface area contributed by atoms with E-state index in [2.05, 4.69) is 5.48 Å². The monoisotopic (exact) mass is 583 g/mol. The van der Waals surface area contributed by atoms with Gasteiger partial charge in [0.1, 0.15) is 0 Å². The van der Waals surface area contributed by atoms with E-state index in [1.165, 1.54) is 18.2 Å². The van der Waals surface area contributed by atoms with Gasteiger partial charge in [0.05, 0.1) is 12.2 Å². The molecule has 0 bridgehead atoms. The summed E-state index contributed by atoms with van der Waals surface area (Å²) in [6, 6.07) is 17.6. The van der Waals surface area contributed by atoms with Crippen LogP contribution in [0.2, 0.25) is 0 Å². The second-order valence-electron chi connectivity index (χ2n) is 13.8. The first-order chi connectivity index (χ1) is 19.8. The van der Waals surface area contributed by atoms with Crippen LogP contribution in [0.5, 0.6) is 0 Å². The number of hydroxylamine groups is 1. The van der Waals surface area contributed by atoms with E-state index in [1.54, 1.807) is 69.3 Å². The van der Waals surface area contributed by atoms with E-state index in [1.807, 2.05) is 41.5 Å². The molecule has 1 amide bonds. The van der Waals surface area contributed by atoms with Crippen molar-refractivity contribution in [2.75, 3.05) is 0 Å². The van der Waals surface area contributed by atoms with Crippen molar-refractivity contribution in [3.05, 3.63) is 106 Å². The average Bonchev–Trinajstić information content (AvgIpc) is 2.94. The number of hydrogen-bond acceptors (Lipinski definition) is 6. The Kier molecular flexibility index (Phi) is 9.72. The molecule has 1 N–H and O–H groups in total. The third kappa shape index (κ3) is 8.20. The van der Waals surface area contributed by atoms with Gasteiger partial charge in [-0.1, -0.05) is 117 Å². The molecule has 226 valence electrons. The van der Waals surface area contributed by atoms with Crippen LogP contribution in [-0.2, 0) is 11.4 Å². The van der Waals surface area contributed by atoms with Crippen molar-refractivity contribution in [3.63, 3.8) is 0 Å². The Morgan fingerprint density at radius 1 is 0.535 bits per heavy atom. The fourth-order valence-electron chi connectivity index (χ4n) is 4.29. The molecule has 0 saturated heterocycles. The number of rotatable bonds is 9. The minimum Gasteiger partial charge on any atom is -0.294 e. The summed E-state index contributed by atoms with van der Waals surface area (Å²) in [4.78, 5) is 70.5. The summed E-state index contributed by atoms with van der Waals surface area (Å²) in [5.74, 6) is -1.34. The van der Waals surface area contributed by atoms with Crippen LogP contribution in [0.3, 0.4) is 0 Å². The zero-order chi connectivity index (χ0) is 32.3. The molecule has 7 nitrogen and oxygen atoms in total. The Labute approximate surface area is 254 Å². The predicted octanol–water partition coefficient (Wildman–Crippen LogP) is 7.47. The van der Waals surface area contributed by atoms with Gasteiger partial charge in [-0.05, 0) is 17.7 Å². The summed E-state index contributed by atoms with van der Waals surface area (Å²) in [7, 11) is 0. The van der Waals surface area contributed by atoms with Gasteiger partial charge >= 0.3 is 0 Å². The topological polar surface area (TPSA) is 107 Å². The van der Waals surface area contributed by atoms with Crippen molar-refractivity contribution in [1.29, 1.82) is 0 Å². The Morgan fingerprint density at radius 2 is 0.930 bits per heavy atom. The van der Waals surface area contributed by atoms with Gasteiger partial charge < -0.3 is 0 Å². The van der Waals surface area contributed by atoms with E-state index in [0.717, 1.165) is 5.56 Å². The summed E-state index contributed by atoms with van der Waals surface area (Å²) in [5, 5.41) is 0. The number of Topliss-reactive ketones (excluding diaryl/α,β-unsaturated/α-hetero) is 3. The third-order valence-corrected chi connectivity index (χ3v) is 6.84. The van der Waals surface area contributed by atoms with Crippen molar-refractivity contribution in [3.8, 4) is 0 Å².